The standard InChI is InChI=1S/C62H59N5/c1-42-43(2)63-59(64-44(42)3)47-19-18-20-48(34-47)61-37-45-33-46(38-61)40-62(39-45,41-61)67-57-31-29-53(65(49-21-10-6-11-22-49)50-23-12-7-13-24-50)35-55(57)60(4,5)56-36-54(30-32-58(56)67)66(51-25-14-8-15-26-51)52-27-16-9-17-28-52/h6-32,34-36,45-46H,33,37-41H2,1-5H3. The number of anilines is 8. The van der Waals surface area contributed by atoms with E-state index in [1.807, 2.05) is 0 Å². The van der Waals surface area contributed by atoms with Crippen molar-refractivity contribution in [2.75, 3.05) is 14.7 Å². The summed E-state index contributed by atoms with van der Waals surface area (Å²) in [7, 11) is 0. The lowest BCUT2D eigenvalue weighted by Crippen LogP contribution is -2.64. The lowest BCUT2D eigenvalue weighted by atomic mass is 9.44. The largest absolute Gasteiger partial charge is 0.335 e. The molecule has 2 heterocycles. The fraction of sp³-hybridized carbons (Fsp3) is 0.258. The first kappa shape index (κ1) is 41.5. The zero-order valence-electron chi connectivity index (χ0n) is 39.5. The predicted molar refractivity (Wildman–Crippen MR) is 277 cm³/mol. The number of benzene rings is 7. The van der Waals surface area contributed by atoms with Crippen LogP contribution in [-0.2, 0) is 10.8 Å². The van der Waals surface area contributed by atoms with E-state index in [0.29, 0.717) is 11.8 Å². The van der Waals surface area contributed by atoms with Gasteiger partial charge < -0.3 is 14.7 Å². The molecule has 2 atom stereocenters. The summed E-state index contributed by atoms with van der Waals surface area (Å²) in [4.78, 5) is 17.8. The predicted octanol–water partition coefficient (Wildman–Crippen LogP) is 16.1. The van der Waals surface area contributed by atoms with Crippen molar-refractivity contribution in [1.29, 1.82) is 0 Å². The second-order valence-corrected chi connectivity index (χ2v) is 20.8. The van der Waals surface area contributed by atoms with E-state index in [1.165, 1.54) is 77.1 Å². The minimum Gasteiger partial charge on any atom is -0.335 e. The van der Waals surface area contributed by atoms with Crippen LogP contribution in [0.15, 0.2) is 182 Å². The zero-order valence-corrected chi connectivity index (χ0v) is 39.5. The Balaban J connectivity index is 1.05. The van der Waals surface area contributed by atoms with E-state index in [0.717, 1.165) is 51.9 Å². The number of para-hydroxylation sites is 4. The molecule has 5 nitrogen and oxygen atoms in total. The van der Waals surface area contributed by atoms with Gasteiger partial charge in [0.1, 0.15) is 0 Å². The molecule has 0 N–H and O–H groups in total. The summed E-state index contributed by atoms with van der Waals surface area (Å²) in [5.74, 6) is 2.15. The van der Waals surface area contributed by atoms with Crippen LogP contribution in [0, 0.1) is 32.6 Å². The molecule has 0 radical (unpaired) electrons. The van der Waals surface area contributed by atoms with E-state index >= 15 is 0 Å². The van der Waals surface area contributed by atoms with Crippen LogP contribution >= 0.6 is 0 Å². The minimum atomic E-state index is -0.329. The summed E-state index contributed by atoms with van der Waals surface area (Å²) in [6.45, 7) is 11.3. The fourth-order valence-corrected chi connectivity index (χ4v) is 13.4. The molecule has 8 aromatic rings. The third kappa shape index (κ3) is 6.88. The summed E-state index contributed by atoms with van der Waals surface area (Å²) in [5, 5.41) is 0. The molecule has 332 valence electrons. The number of fused-ring (bicyclic) bond motifs is 2. The zero-order chi connectivity index (χ0) is 45.5. The molecule has 0 amide bonds. The van der Waals surface area contributed by atoms with Gasteiger partial charge in [-0.1, -0.05) is 105 Å². The van der Waals surface area contributed by atoms with Crippen LogP contribution in [0.2, 0.25) is 0 Å². The highest BCUT2D eigenvalue weighted by Crippen LogP contribution is 2.67. The van der Waals surface area contributed by atoms with E-state index in [4.69, 9.17) is 9.97 Å². The number of aromatic nitrogens is 2. The number of rotatable bonds is 9. The van der Waals surface area contributed by atoms with Crippen molar-refractivity contribution >= 4 is 45.5 Å². The molecule has 5 heteroatoms. The van der Waals surface area contributed by atoms with E-state index in [9.17, 15) is 0 Å². The maximum absolute atomic E-state index is 5.03. The van der Waals surface area contributed by atoms with Crippen molar-refractivity contribution in [3.63, 3.8) is 0 Å². The highest BCUT2D eigenvalue weighted by atomic mass is 15.2. The molecule has 5 aliphatic rings. The van der Waals surface area contributed by atoms with Gasteiger partial charge in [0.25, 0.3) is 0 Å². The second kappa shape index (κ2) is 15.8. The minimum absolute atomic E-state index is 0.0618. The quantitative estimate of drug-likeness (QED) is 0.144. The van der Waals surface area contributed by atoms with E-state index in [1.54, 1.807) is 0 Å². The van der Waals surface area contributed by atoms with Crippen molar-refractivity contribution in [3.05, 3.63) is 216 Å². The number of aryl methyl sites for hydroxylation is 2. The van der Waals surface area contributed by atoms with E-state index in [2.05, 4.69) is 231 Å². The van der Waals surface area contributed by atoms with Crippen molar-refractivity contribution in [1.82, 2.24) is 9.97 Å². The average Bonchev–Trinajstić information content (AvgIpc) is 3.34. The van der Waals surface area contributed by atoms with Crippen molar-refractivity contribution < 1.29 is 0 Å². The normalized spacial score (nSPS) is 22.0. The molecule has 13 rings (SSSR count). The molecule has 4 aliphatic carbocycles. The smallest absolute Gasteiger partial charge is 0.159 e. The summed E-state index contributed by atoms with van der Waals surface area (Å²) in [5.41, 5.74) is 17.9. The van der Waals surface area contributed by atoms with Crippen LogP contribution in [-0.4, -0.2) is 15.5 Å². The van der Waals surface area contributed by atoms with Gasteiger partial charge in [-0.05, 0) is 190 Å². The van der Waals surface area contributed by atoms with Crippen LogP contribution in [0.25, 0.3) is 11.4 Å². The molecule has 67 heavy (non-hydrogen) atoms. The Labute approximate surface area is 396 Å². The van der Waals surface area contributed by atoms with Crippen LogP contribution in [0.4, 0.5) is 45.5 Å². The van der Waals surface area contributed by atoms with Crippen molar-refractivity contribution in [3.8, 4) is 11.4 Å². The van der Waals surface area contributed by atoms with Gasteiger partial charge in [-0.2, -0.15) is 0 Å². The molecule has 2 unspecified atom stereocenters. The third-order valence-electron chi connectivity index (χ3n) is 16.2. The van der Waals surface area contributed by atoms with Gasteiger partial charge in [0.2, 0.25) is 0 Å². The fourth-order valence-electron chi connectivity index (χ4n) is 13.4. The Hall–Kier alpha value is -6.98. The molecule has 4 fully saturated rings. The Bertz CT molecular complexity index is 2870. The molecule has 4 saturated carbocycles. The molecule has 1 aromatic heterocycles. The van der Waals surface area contributed by atoms with Gasteiger partial charge in [0.05, 0.1) is 0 Å². The molecule has 7 aromatic carbocycles. The monoisotopic (exact) mass is 873 g/mol. The first-order valence-electron chi connectivity index (χ1n) is 24.4. The summed E-state index contributed by atoms with van der Waals surface area (Å²) in [6.07, 6.45) is 7.33. The van der Waals surface area contributed by atoms with Crippen molar-refractivity contribution in [2.24, 2.45) is 11.8 Å². The van der Waals surface area contributed by atoms with Crippen LogP contribution in [0.5, 0.6) is 0 Å². The SMILES string of the molecule is Cc1nc(-c2cccc(C34CC5CC(C3)CC(N3c6ccc(N(c7ccccc7)c7ccccc7)cc6C(C)(C)c6cc(N(c7ccccc7)c7ccccc7)ccc63)(C5)C4)c2)nc(C)c1C. The first-order valence-corrected chi connectivity index (χ1v) is 24.4. The molecular weight excluding hydrogens is 815 g/mol. The molecule has 0 spiro atoms. The molecule has 4 bridgehead atoms. The number of nitrogens with zero attached hydrogens (tertiary/aromatic N) is 5. The molecular formula is C62H59N5. The first-order chi connectivity index (χ1) is 32.6. The highest BCUT2D eigenvalue weighted by molar-refractivity contribution is 5.87. The van der Waals surface area contributed by atoms with E-state index < -0.39 is 0 Å². The van der Waals surface area contributed by atoms with Gasteiger partial charge in [-0.25, -0.2) is 9.97 Å². The van der Waals surface area contributed by atoms with Gasteiger partial charge in [-0.3, -0.25) is 0 Å². The Morgan fingerprint density at radius 1 is 0.478 bits per heavy atom. The van der Waals surface area contributed by atoms with Crippen molar-refractivity contribution in [2.45, 2.75) is 89.5 Å². The average molecular weight is 874 g/mol. The van der Waals surface area contributed by atoms with Crippen LogP contribution < -0.4 is 14.7 Å². The summed E-state index contributed by atoms with van der Waals surface area (Å²) >= 11 is 0. The molecule has 0 saturated heterocycles. The van der Waals surface area contributed by atoms with Gasteiger partial charge >= 0.3 is 0 Å². The lowest BCUT2D eigenvalue weighted by molar-refractivity contribution is -0.0227. The van der Waals surface area contributed by atoms with Crippen LogP contribution in [0.3, 0.4) is 0 Å². The third-order valence-corrected chi connectivity index (χ3v) is 16.2. The topological polar surface area (TPSA) is 35.5 Å². The Kier molecular flexibility index (Phi) is 9.80. The highest BCUT2D eigenvalue weighted by Gasteiger charge is 2.61. The summed E-state index contributed by atoms with van der Waals surface area (Å²) in [6, 6.07) is 67.6. The number of hydrogen-bond acceptors (Lipinski definition) is 5. The van der Waals surface area contributed by atoms with Crippen LogP contribution in [0.1, 0.15) is 86.0 Å². The maximum atomic E-state index is 5.03. The van der Waals surface area contributed by atoms with E-state index in [-0.39, 0.29) is 16.4 Å². The second-order valence-electron chi connectivity index (χ2n) is 20.8. The Morgan fingerprint density at radius 3 is 1.37 bits per heavy atom. The maximum Gasteiger partial charge on any atom is 0.159 e. The number of hydrogen-bond donors (Lipinski definition) is 0. The lowest BCUT2D eigenvalue weighted by Gasteiger charge is -2.66. The van der Waals surface area contributed by atoms with Gasteiger partial charge in [0, 0.05) is 73.4 Å². The van der Waals surface area contributed by atoms with Gasteiger partial charge in [-0.15, -0.1) is 0 Å². The molecule has 1 aliphatic heterocycles. The summed E-state index contributed by atoms with van der Waals surface area (Å²) < 4.78 is 0. The van der Waals surface area contributed by atoms with Gasteiger partial charge in [0.15, 0.2) is 5.82 Å². The Morgan fingerprint density at radius 2 is 0.925 bits per heavy atom.